The molecule has 0 radical (unpaired) electrons. The number of aromatic hydroxyl groups is 2. The number of ketones is 1. The summed E-state index contributed by atoms with van der Waals surface area (Å²) in [6.45, 7) is 4.41. The molecule has 188 valence electrons. The molecule has 3 N–H and O–H groups in total. The summed E-state index contributed by atoms with van der Waals surface area (Å²) < 4.78 is 0. The summed E-state index contributed by atoms with van der Waals surface area (Å²) in [5.74, 6) is -0.741. The lowest BCUT2D eigenvalue weighted by Crippen LogP contribution is -2.11. The number of carbonyl (C=O) groups is 2. The summed E-state index contributed by atoms with van der Waals surface area (Å²) in [5, 5.41) is 23.2. The first-order valence-electron chi connectivity index (χ1n) is 13.4. The van der Waals surface area contributed by atoms with Crippen LogP contribution in [0.1, 0.15) is 140 Å². The quantitative estimate of drug-likeness (QED) is 0.0789. The third-order valence-electron chi connectivity index (χ3n) is 6.20. The lowest BCUT2D eigenvalue weighted by atomic mass is 10.0. The van der Waals surface area contributed by atoms with Crippen molar-refractivity contribution in [3.8, 4) is 11.5 Å². The van der Waals surface area contributed by atoms with Crippen molar-refractivity contribution in [3.05, 3.63) is 17.7 Å². The summed E-state index contributed by atoms with van der Waals surface area (Å²) in [4.78, 5) is 24.6. The molecule has 0 aliphatic rings. The van der Waals surface area contributed by atoms with E-state index in [1.807, 2.05) is 0 Å². The second-order valence-electron chi connectivity index (χ2n) is 9.31. The van der Waals surface area contributed by atoms with Gasteiger partial charge in [0.05, 0.1) is 11.3 Å². The van der Waals surface area contributed by atoms with Crippen molar-refractivity contribution in [2.24, 2.45) is 0 Å². The van der Waals surface area contributed by atoms with Gasteiger partial charge in [-0.05, 0) is 18.9 Å². The van der Waals surface area contributed by atoms with Crippen LogP contribution < -0.4 is 5.32 Å². The van der Waals surface area contributed by atoms with E-state index < -0.39 is 0 Å². The Morgan fingerprint density at radius 2 is 1.09 bits per heavy atom. The maximum absolute atomic E-state index is 12.5. The number of hydrogen-bond acceptors (Lipinski definition) is 4. The van der Waals surface area contributed by atoms with Gasteiger partial charge in [0.1, 0.15) is 11.5 Å². The van der Waals surface area contributed by atoms with Gasteiger partial charge in [0.15, 0.2) is 5.78 Å². The number of nitrogens with one attached hydrogen (secondary N) is 1. The fraction of sp³-hybridized carbons (Fsp3) is 0.714. The van der Waals surface area contributed by atoms with Crippen LogP contribution in [0, 0.1) is 0 Å². The molecular weight excluding hydrogens is 414 g/mol. The maximum atomic E-state index is 12.5. The number of amides is 1. The number of unbranched alkanes of at least 4 members (excludes halogenated alkanes) is 14. The van der Waals surface area contributed by atoms with E-state index in [2.05, 4.69) is 19.2 Å². The molecule has 0 spiro atoms. The zero-order valence-corrected chi connectivity index (χ0v) is 21.1. The Morgan fingerprint density at radius 1 is 0.636 bits per heavy atom. The molecule has 0 fully saturated rings. The van der Waals surface area contributed by atoms with Gasteiger partial charge in [0, 0.05) is 18.9 Å². The largest absolute Gasteiger partial charge is 0.507 e. The van der Waals surface area contributed by atoms with E-state index in [1.54, 1.807) is 0 Å². The zero-order chi connectivity index (χ0) is 24.3. The van der Waals surface area contributed by atoms with Crippen molar-refractivity contribution >= 4 is 17.4 Å². The van der Waals surface area contributed by atoms with E-state index in [-0.39, 0.29) is 34.4 Å². The molecule has 0 heterocycles. The fourth-order valence-corrected chi connectivity index (χ4v) is 4.09. The summed E-state index contributed by atoms with van der Waals surface area (Å²) in [6.07, 6.45) is 19.2. The smallest absolute Gasteiger partial charge is 0.224 e. The highest BCUT2D eigenvalue weighted by Gasteiger charge is 2.16. The Kier molecular flexibility index (Phi) is 16.2. The molecule has 0 unspecified atom stereocenters. The summed E-state index contributed by atoms with van der Waals surface area (Å²) in [5.41, 5.74) is 0.275. The fourth-order valence-electron chi connectivity index (χ4n) is 4.09. The van der Waals surface area contributed by atoms with Crippen molar-refractivity contribution in [2.45, 2.75) is 129 Å². The summed E-state index contributed by atoms with van der Waals surface area (Å²) in [7, 11) is 0. The lowest BCUT2D eigenvalue weighted by molar-refractivity contribution is -0.116. The molecule has 0 saturated carbocycles. The minimum absolute atomic E-state index is 0.122. The molecule has 1 rings (SSSR count). The van der Waals surface area contributed by atoms with Crippen molar-refractivity contribution in [1.29, 1.82) is 0 Å². The van der Waals surface area contributed by atoms with Crippen LogP contribution in [0.5, 0.6) is 11.5 Å². The molecule has 5 heteroatoms. The minimum Gasteiger partial charge on any atom is -0.507 e. The molecule has 0 aliphatic heterocycles. The normalized spacial score (nSPS) is 11.0. The highest BCUT2D eigenvalue weighted by Crippen LogP contribution is 2.32. The summed E-state index contributed by atoms with van der Waals surface area (Å²) in [6, 6.07) is 2.55. The maximum Gasteiger partial charge on any atom is 0.224 e. The van der Waals surface area contributed by atoms with Crippen molar-refractivity contribution < 1.29 is 19.8 Å². The molecule has 0 atom stereocenters. The Morgan fingerprint density at radius 3 is 1.61 bits per heavy atom. The van der Waals surface area contributed by atoms with Crippen LogP contribution in [-0.4, -0.2) is 21.9 Å². The van der Waals surface area contributed by atoms with Crippen LogP contribution in [0.25, 0.3) is 0 Å². The average Bonchev–Trinajstić information content (AvgIpc) is 2.79. The molecule has 33 heavy (non-hydrogen) atoms. The third-order valence-corrected chi connectivity index (χ3v) is 6.20. The number of Topliss-reactive ketones (excluding diaryl/α,β-unsaturated/α-hetero) is 1. The van der Waals surface area contributed by atoms with E-state index in [0.29, 0.717) is 12.8 Å². The van der Waals surface area contributed by atoms with Gasteiger partial charge >= 0.3 is 0 Å². The third kappa shape index (κ3) is 13.3. The van der Waals surface area contributed by atoms with Gasteiger partial charge in [-0.3, -0.25) is 9.59 Å². The molecule has 1 aromatic rings. The molecule has 5 nitrogen and oxygen atoms in total. The number of rotatable bonds is 20. The number of carbonyl (C=O) groups excluding carboxylic acids is 2. The van der Waals surface area contributed by atoms with Crippen LogP contribution in [0.15, 0.2) is 12.1 Å². The van der Waals surface area contributed by atoms with E-state index >= 15 is 0 Å². The van der Waals surface area contributed by atoms with Gasteiger partial charge in [-0.1, -0.05) is 104 Å². The van der Waals surface area contributed by atoms with Gasteiger partial charge < -0.3 is 15.5 Å². The Bertz CT molecular complexity index is 687. The highest BCUT2D eigenvalue weighted by atomic mass is 16.3. The van der Waals surface area contributed by atoms with Gasteiger partial charge in [0.25, 0.3) is 0 Å². The van der Waals surface area contributed by atoms with E-state index in [0.717, 1.165) is 38.5 Å². The van der Waals surface area contributed by atoms with Crippen molar-refractivity contribution in [3.63, 3.8) is 0 Å². The van der Waals surface area contributed by atoms with E-state index in [4.69, 9.17) is 0 Å². The topological polar surface area (TPSA) is 86.6 Å². The molecular formula is C28H47NO4. The van der Waals surface area contributed by atoms with Crippen LogP contribution in [0.4, 0.5) is 5.69 Å². The first kappa shape index (κ1) is 29.0. The molecule has 0 aliphatic carbocycles. The Balaban J connectivity index is 2.33. The average molecular weight is 462 g/mol. The number of phenols is 2. The van der Waals surface area contributed by atoms with E-state index in [1.165, 1.54) is 76.3 Å². The van der Waals surface area contributed by atoms with Crippen LogP contribution in [0.2, 0.25) is 0 Å². The monoisotopic (exact) mass is 461 g/mol. The van der Waals surface area contributed by atoms with Crippen LogP contribution in [-0.2, 0) is 4.79 Å². The number of phenolic OH excluding ortho intramolecular Hbond substituents is 2. The van der Waals surface area contributed by atoms with Crippen molar-refractivity contribution in [2.75, 3.05) is 5.32 Å². The first-order valence-corrected chi connectivity index (χ1v) is 13.4. The predicted molar refractivity (Wildman–Crippen MR) is 137 cm³/mol. The standard InChI is InChI=1S/C28H47NO4/c1-3-5-7-9-11-12-14-15-17-19-25(30)23-21-27(32)24(22-26(23)31)29-28(33)20-18-16-13-10-8-6-4-2/h21-22,31-32H,3-20H2,1-2H3,(H,29,33). The van der Waals surface area contributed by atoms with Crippen LogP contribution in [0.3, 0.4) is 0 Å². The van der Waals surface area contributed by atoms with Crippen LogP contribution >= 0.6 is 0 Å². The number of anilines is 1. The zero-order valence-electron chi connectivity index (χ0n) is 21.1. The minimum atomic E-state index is -0.194. The predicted octanol–water partition coefficient (Wildman–Crippen LogP) is 8.28. The lowest BCUT2D eigenvalue weighted by Gasteiger charge is -2.11. The van der Waals surface area contributed by atoms with Crippen molar-refractivity contribution in [1.82, 2.24) is 0 Å². The SMILES string of the molecule is CCCCCCCCCCCC(=O)c1cc(O)c(NC(=O)CCCCCCCCC)cc1O. The van der Waals surface area contributed by atoms with Gasteiger partial charge in [0.2, 0.25) is 5.91 Å². The first-order chi connectivity index (χ1) is 16.0. The van der Waals surface area contributed by atoms with Gasteiger partial charge in [-0.2, -0.15) is 0 Å². The molecule has 0 saturated heterocycles. The number of benzene rings is 1. The second-order valence-corrected chi connectivity index (χ2v) is 9.31. The Hall–Kier alpha value is -2.04. The highest BCUT2D eigenvalue weighted by molar-refractivity contribution is 6.01. The summed E-state index contributed by atoms with van der Waals surface area (Å²) >= 11 is 0. The molecule has 0 aromatic heterocycles. The molecule has 1 aromatic carbocycles. The van der Waals surface area contributed by atoms with Gasteiger partial charge in [-0.15, -0.1) is 0 Å². The van der Waals surface area contributed by atoms with E-state index in [9.17, 15) is 19.8 Å². The Labute approximate surface area is 201 Å². The molecule has 0 bridgehead atoms. The second kappa shape index (κ2) is 18.4. The number of hydrogen-bond donors (Lipinski definition) is 3. The van der Waals surface area contributed by atoms with Gasteiger partial charge in [-0.25, -0.2) is 0 Å². The molecule has 1 amide bonds.